The molecule has 0 bridgehead atoms. The van der Waals surface area contributed by atoms with Crippen molar-refractivity contribution < 1.29 is 14.4 Å². The summed E-state index contributed by atoms with van der Waals surface area (Å²) < 4.78 is 0. The smallest absolute Gasteiger partial charge is 0.323 e. The minimum atomic E-state index is -0.856. The molecule has 29 heavy (non-hydrogen) atoms. The molecule has 0 aliphatic carbocycles. The molecule has 2 saturated heterocycles. The zero-order chi connectivity index (χ0) is 20.4. The van der Waals surface area contributed by atoms with Gasteiger partial charge in [-0.25, -0.2) is 9.78 Å². The number of piperidine rings is 1. The van der Waals surface area contributed by atoms with Gasteiger partial charge in [-0.3, -0.25) is 19.4 Å². The van der Waals surface area contributed by atoms with Gasteiger partial charge < -0.3 is 10.6 Å². The van der Waals surface area contributed by atoms with Crippen molar-refractivity contribution in [1.29, 1.82) is 0 Å². The highest BCUT2D eigenvalue weighted by atomic mass is 32.1. The third kappa shape index (κ3) is 4.15. The Kier molecular flexibility index (Phi) is 5.33. The van der Waals surface area contributed by atoms with Crippen LogP contribution in [0.15, 0.2) is 35.7 Å². The number of nitrogens with one attached hydrogen (secondary N) is 2. The standard InChI is InChI=1S/C20H23N5O3S/c1-14-13-29-18(21-14)22-16(26)12-24-9-7-20(8-10-24)17(27)25(19(28)23-20)11-15-5-3-2-4-6-15/h2-6,13H,7-12H2,1H3,(H,23,28)(H,21,22,26). The van der Waals surface area contributed by atoms with Crippen LogP contribution >= 0.6 is 11.3 Å². The Balaban J connectivity index is 1.33. The first-order chi connectivity index (χ1) is 13.9. The van der Waals surface area contributed by atoms with Crippen LogP contribution in [0, 0.1) is 6.92 Å². The van der Waals surface area contributed by atoms with Crippen LogP contribution in [0.4, 0.5) is 9.93 Å². The average Bonchev–Trinajstić information content (AvgIpc) is 3.21. The number of carbonyl (C=O) groups excluding carboxylic acids is 3. The zero-order valence-corrected chi connectivity index (χ0v) is 17.0. The molecule has 2 fully saturated rings. The lowest BCUT2D eigenvalue weighted by atomic mass is 9.87. The molecule has 0 saturated carbocycles. The van der Waals surface area contributed by atoms with Crippen LogP contribution in [-0.2, 0) is 16.1 Å². The van der Waals surface area contributed by atoms with Gasteiger partial charge in [0.1, 0.15) is 5.54 Å². The van der Waals surface area contributed by atoms with Gasteiger partial charge in [0.15, 0.2) is 5.13 Å². The molecule has 9 heteroatoms. The summed E-state index contributed by atoms with van der Waals surface area (Å²) in [5, 5.41) is 8.19. The zero-order valence-electron chi connectivity index (χ0n) is 16.2. The van der Waals surface area contributed by atoms with Gasteiger partial charge >= 0.3 is 6.03 Å². The number of amides is 4. The second-order valence-electron chi connectivity index (χ2n) is 7.51. The van der Waals surface area contributed by atoms with E-state index >= 15 is 0 Å². The number of thiazole rings is 1. The fourth-order valence-electron chi connectivity index (χ4n) is 3.79. The molecule has 0 atom stereocenters. The van der Waals surface area contributed by atoms with E-state index in [0.717, 1.165) is 11.3 Å². The number of aryl methyl sites for hydroxylation is 1. The van der Waals surface area contributed by atoms with Crippen LogP contribution in [0.1, 0.15) is 24.1 Å². The summed E-state index contributed by atoms with van der Waals surface area (Å²) in [4.78, 5) is 45.2. The Bertz CT molecular complexity index is 921. The van der Waals surface area contributed by atoms with Crippen molar-refractivity contribution in [1.82, 2.24) is 20.1 Å². The van der Waals surface area contributed by atoms with E-state index in [0.29, 0.717) is 31.1 Å². The van der Waals surface area contributed by atoms with E-state index in [1.54, 1.807) is 0 Å². The molecular weight excluding hydrogens is 390 g/mol. The van der Waals surface area contributed by atoms with Crippen LogP contribution in [-0.4, -0.2) is 57.8 Å². The lowest BCUT2D eigenvalue weighted by Gasteiger charge is -2.36. The first kappa shape index (κ1) is 19.5. The monoisotopic (exact) mass is 413 g/mol. The lowest BCUT2D eigenvalue weighted by Crippen LogP contribution is -2.55. The summed E-state index contributed by atoms with van der Waals surface area (Å²) in [7, 11) is 0. The molecule has 4 rings (SSSR count). The van der Waals surface area contributed by atoms with Crippen molar-refractivity contribution in [2.45, 2.75) is 31.8 Å². The van der Waals surface area contributed by atoms with Crippen molar-refractivity contribution >= 4 is 34.3 Å². The number of rotatable bonds is 5. The number of hydrogen-bond donors (Lipinski definition) is 2. The van der Waals surface area contributed by atoms with Gasteiger partial charge in [-0.15, -0.1) is 11.3 Å². The molecular formula is C20H23N5O3S. The molecule has 152 valence electrons. The summed E-state index contributed by atoms with van der Waals surface area (Å²) in [5.74, 6) is -0.295. The van der Waals surface area contributed by atoms with E-state index in [2.05, 4.69) is 15.6 Å². The van der Waals surface area contributed by atoms with Crippen LogP contribution in [0.2, 0.25) is 0 Å². The van der Waals surface area contributed by atoms with E-state index in [4.69, 9.17) is 0 Å². The van der Waals surface area contributed by atoms with Crippen LogP contribution < -0.4 is 10.6 Å². The van der Waals surface area contributed by atoms with E-state index in [9.17, 15) is 14.4 Å². The van der Waals surface area contributed by atoms with Gasteiger partial charge in [0.05, 0.1) is 18.8 Å². The van der Waals surface area contributed by atoms with Crippen molar-refractivity contribution in [2.75, 3.05) is 25.0 Å². The Morgan fingerprint density at radius 2 is 1.97 bits per heavy atom. The van der Waals surface area contributed by atoms with Gasteiger partial charge in [0, 0.05) is 18.5 Å². The number of aromatic nitrogens is 1. The van der Waals surface area contributed by atoms with E-state index in [1.807, 2.05) is 47.5 Å². The first-order valence-electron chi connectivity index (χ1n) is 9.58. The highest BCUT2D eigenvalue weighted by Crippen LogP contribution is 2.30. The minimum Gasteiger partial charge on any atom is -0.323 e. The summed E-state index contributed by atoms with van der Waals surface area (Å²) in [6, 6.07) is 9.13. The van der Waals surface area contributed by atoms with Gasteiger partial charge in [0.2, 0.25) is 5.91 Å². The second kappa shape index (κ2) is 7.92. The number of nitrogens with zero attached hydrogens (tertiary/aromatic N) is 3. The molecule has 2 aliphatic rings. The largest absolute Gasteiger partial charge is 0.325 e. The fourth-order valence-corrected chi connectivity index (χ4v) is 4.50. The third-order valence-electron chi connectivity index (χ3n) is 5.37. The third-order valence-corrected chi connectivity index (χ3v) is 6.25. The Hall–Kier alpha value is -2.78. The molecule has 8 nitrogen and oxygen atoms in total. The molecule has 3 heterocycles. The number of benzene rings is 1. The molecule has 2 aliphatic heterocycles. The average molecular weight is 414 g/mol. The SMILES string of the molecule is Cc1csc(NC(=O)CN2CCC3(CC2)NC(=O)N(Cc2ccccc2)C3=O)n1. The molecule has 1 aromatic carbocycles. The summed E-state index contributed by atoms with van der Waals surface area (Å²) in [5.41, 5.74) is 0.936. The van der Waals surface area contributed by atoms with Crippen molar-refractivity contribution in [2.24, 2.45) is 0 Å². The topological polar surface area (TPSA) is 94.6 Å². The normalized spacial score (nSPS) is 18.9. The summed E-state index contributed by atoms with van der Waals surface area (Å²) in [6.45, 7) is 3.52. The van der Waals surface area contributed by atoms with Crippen LogP contribution in [0.5, 0.6) is 0 Å². The Morgan fingerprint density at radius 1 is 1.24 bits per heavy atom. The quantitative estimate of drug-likeness (QED) is 0.731. The fraction of sp³-hybridized carbons (Fsp3) is 0.400. The predicted molar refractivity (Wildman–Crippen MR) is 109 cm³/mol. The molecule has 1 spiro atoms. The number of hydrogen-bond acceptors (Lipinski definition) is 6. The lowest BCUT2D eigenvalue weighted by molar-refractivity contribution is -0.133. The number of anilines is 1. The van der Waals surface area contributed by atoms with E-state index in [1.165, 1.54) is 16.2 Å². The van der Waals surface area contributed by atoms with Crippen molar-refractivity contribution in [3.05, 3.63) is 47.0 Å². The minimum absolute atomic E-state index is 0.122. The molecule has 2 N–H and O–H groups in total. The second-order valence-corrected chi connectivity index (χ2v) is 8.37. The molecule has 4 amide bonds. The predicted octanol–water partition coefficient (Wildman–Crippen LogP) is 1.98. The maximum absolute atomic E-state index is 13.0. The number of carbonyl (C=O) groups is 3. The summed E-state index contributed by atoms with van der Waals surface area (Å²) >= 11 is 1.40. The number of likely N-dealkylation sites (tertiary alicyclic amines) is 1. The highest BCUT2D eigenvalue weighted by molar-refractivity contribution is 7.13. The van der Waals surface area contributed by atoms with E-state index < -0.39 is 5.54 Å². The Morgan fingerprint density at radius 3 is 2.62 bits per heavy atom. The van der Waals surface area contributed by atoms with Gasteiger partial charge in [0.25, 0.3) is 5.91 Å². The molecule has 1 aromatic heterocycles. The van der Waals surface area contributed by atoms with Crippen LogP contribution in [0.25, 0.3) is 0 Å². The maximum Gasteiger partial charge on any atom is 0.325 e. The Labute approximate surface area is 172 Å². The molecule has 0 unspecified atom stereocenters. The van der Waals surface area contributed by atoms with E-state index in [-0.39, 0.29) is 30.9 Å². The van der Waals surface area contributed by atoms with Crippen molar-refractivity contribution in [3.8, 4) is 0 Å². The van der Waals surface area contributed by atoms with Gasteiger partial charge in [-0.05, 0) is 25.3 Å². The van der Waals surface area contributed by atoms with Crippen LogP contribution in [0.3, 0.4) is 0 Å². The molecule has 0 radical (unpaired) electrons. The van der Waals surface area contributed by atoms with Crippen molar-refractivity contribution in [3.63, 3.8) is 0 Å². The van der Waals surface area contributed by atoms with Gasteiger partial charge in [-0.2, -0.15) is 0 Å². The highest BCUT2D eigenvalue weighted by Gasteiger charge is 2.52. The van der Waals surface area contributed by atoms with Gasteiger partial charge in [-0.1, -0.05) is 30.3 Å². The number of imide groups is 1. The number of urea groups is 1. The molecule has 2 aromatic rings. The first-order valence-corrected chi connectivity index (χ1v) is 10.5. The maximum atomic E-state index is 13.0. The summed E-state index contributed by atoms with van der Waals surface area (Å²) in [6.07, 6.45) is 0.985.